The molecule has 108 valence electrons. The second-order valence-electron chi connectivity index (χ2n) is 4.82. The van der Waals surface area contributed by atoms with E-state index in [1.165, 1.54) is 23.5 Å². The van der Waals surface area contributed by atoms with Crippen LogP contribution in [0.5, 0.6) is 0 Å². The summed E-state index contributed by atoms with van der Waals surface area (Å²) < 4.78 is 37.6. The standard InChI is InChI=1S/C15H15F3OS/c1-9-7-13(20-14(9)10(2)8-19)11-3-5-12(6-4-11)15(16,17)18/h3-7,10,19H,8H2,1-2H3/t10-/m1/s1. The van der Waals surface area contributed by atoms with Crippen molar-refractivity contribution in [3.63, 3.8) is 0 Å². The molecule has 5 heteroatoms. The SMILES string of the molecule is Cc1cc(-c2ccc(C(F)(F)F)cc2)sc1[C@H](C)CO. The van der Waals surface area contributed by atoms with Gasteiger partial charge in [0.2, 0.25) is 0 Å². The molecular formula is C15H15F3OS. The first-order valence-corrected chi connectivity index (χ1v) is 7.03. The fraction of sp³-hybridized carbons (Fsp3) is 0.333. The van der Waals surface area contributed by atoms with Crippen LogP contribution in [0.15, 0.2) is 30.3 Å². The molecule has 0 radical (unpaired) electrons. The van der Waals surface area contributed by atoms with Crippen LogP contribution in [-0.4, -0.2) is 11.7 Å². The van der Waals surface area contributed by atoms with Crippen molar-refractivity contribution in [3.8, 4) is 10.4 Å². The van der Waals surface area contributed by atoms with Gasteiger partial charge in [-0.15, -0.1) is 11.3 Å². The minimum absolute atomic E-state index is 0.0446. The van der Waals surface area contributed by atoms with Crippen LogP contribution in [0.1, 0.15) is 28.8 Å². The average molecular weight is 300 g/mol. The number of rotatable bonds is 3. The number of hydrogen-bond acceptors (Lipinski definition) is 2. The summed E-state index contributed by atoms with van der Waals surface area (Å²) >= 11 is 1.52. The first-order valence-electron chi connectivity index (χ1n) is 6.21. The van der Waals surface area contributed by atoms with Gasteiger partial charge in [0, 0.05) is 15.7 Å². The van der Waals surface area contributed by atoms with Crippen molar-refractivity contribution in [1.29, 1.82) is 0 Å². The molecule has 20 heavy (non-hydrogen) atoms. The van der Waals surface area contributed by atoms with Crippen LogP contribution in [0.3, 0.4) is 0 Å². The molecular weight excluding hydrogens is 285 g/mol. The molecule has 2 aromatic rings. The number of benzene rings is 1. The predicted molar refractivity (Wildman–Crippen MR) is 75.0 cm³/mol. The van der Waals surface area contributed by atoms with Gasteiger partial charge < -0.3 is 5.11 Å². The van der Waals surface area contributed by atoms with E-state index in [9.17, 15) is 18.3 Å². The molecule has 1 aromatic carbocycles. The van der Waals surface area contributed by atoms with Crippen LogP contribution in [-0.2, 0) is 6.18 Å². The average Bonchev–Trinajstić information content (AvgIpc) is 2.79. The number of thiophene rings is 1. The molecule has 0 aliphatic rings. The zero-order valence-corrected chi connectivity index (χ0v) is 12.0. The molecule has 1 N–H and O–H groups in total. The third-order valence-electron chi connectivity index (χ3n) is 3.17. The van der Waals surface area contributed by atoms with Crippen LogP contribution in [0, 0.1) is 6.92 Å². The number of hydrogen-bond donors (Lipinski definition) is 1. The Kier molecular flexibility index (Phi) is 4.20. The van der Waals surface area contributed by atoms with Gasteiger partial charge in [0.1, 0.15) is 0 Å². The monoisotopic (exact) mass is 300 g/mol. The minimum atomic E-state index is -4.31. The van der Waals surface area contributed by atoms with Gasteiger partial charge in [-0.1, -0.05) is 19.1 Å². The molecule has 0 saturated heterocycles. The van der Waals surface area contributed by atoms with Gasteiger partial charge in [-0.3, -0.25) is 0 Å². The molecule has 1 heterocycles. The first kappa shape index (κ1) is 15.1. The Bertz CT molecular complexity index is 584. The molecule has 0 aliphatic carbocycles. The summed E-state index contributed by atoms with van der Waals surface area (Å²) in [6.45, 7) is 3.94. The molecule has 0 unspecified atom stereocenters. The Morgan fingerprint density at radius 1 is 1.20 bits per heavy atom. The highest BCUT2D eigenvalue weighted by molar-refractivity contribution is 7.15. The van der Waals surface area contributed by atoms with Gasteiger partial charge >= 0.3 is 6.18 Å². The van der Waals surface area contributed by atoms with Crippen molar-refractivity contribution in [3.05, 3.63) is 46.3 Å². The van der Waals surface area contributed by atoms with E-state index in [0.717, 1.165) is 33.0 Å². The fourth-order valence-corrected chi connectivity index (χ4v) is 3.26. The highest BCUT2D eigenvalue weighted by Gasteiger charge is 2.30. The maximum atomic E-state index is 12.5. The van der Waals surface area contributed by atoms with Crippen molar-refractivity contribution in [2.24, 2.45) is 0 Å². The minimum Gasteiger partial charge on any atom is -0.396 e. The zero-order chi connectivity index (χ0) is 14.9. The van der Waals surface area contributed by atoms with Crippen LogP contribution < -0.4 is 0 Å². The lowest BCUT2D eigenvalue weighted by Gasteiger charge is -2.07. The molecule has 0 spiro atoms. The second kappa shape index (κ2) is 5.58. The topological polar surface area (TPSA) is 20.2 Å². The Labute approximate surface area is 119 Å². The predicted octanol–water partition coefficient (Wildman–Crippen LogP) is 4.84. The Morgan fingerprint density at radius 3 is 2.30 bits per heavy atom. The number of aliphatic hydroxyl groups excluding tert-OH is 1. The molecule has 1 atom stereocenters. The lowest BCUT2D eigenvalue weighted by molar-refractivity contribution is -0.137. The van der Waals surface area contributed by atoms with Gasteiger partial charge in [0.25, 0.3) is 0 Å². The third kappa shape index (κ3) is 3.04. The van der Waals surface area contributed by atoms with Crippen molar-refractivity contribution in [2.45, 2.75) is 25.9 Å². The zero-order valence-electron chi connectivity index (χ0n) is 11.2. The fourth-order valence-electron chi connectivity index (χ4n) is 2.03. The van der Waals surface area contributed by atoms with E-state index < -0.39 is 11.7 Å². The maximum absolute atomic E-state index is 12.5. The second-order valence-corrected chi connectivity index (χ2v) is 5.90. The van der Waals surface area contributed by atoms with Gasteiger partial charge in [0.05, 0.1) is 12.2 Å². The molecule has 0 amide bonds. The summed E-state index contributed by atoms with van der Waals surface area (Å²) in [5.74, 6) is 0.0446. The summed E-state index contributed by atoms with van der Waals surface area (Å²) in [5.41, 5.74) is 1.19. The lowest BCUT2D eigenvalue weighted by Crippen LogP contribution is -2.03. The van der Waals surface area contributed by atoms with E-state index in [1.54, 1.807) is 0 Å². The summed E-state index contributed by atoms with van der Waals surface area (Å²) in [6, 6.07) is 7.12. The lowest BCUT2D eigenvalue weighted by atomic mass is 10.1. The molecule has 0 bridgehead atoms. The van der Waals surface area contributed by atoms with Crippen LogP contribution in [0.4, 0.5) is 13.2 Å². The number of alkyl halides is 3. The molecule has 1 nitrogen and oxygen atoms in total. The Morgan fingerprint density at radius 2 is 1.80 bits per heavy atom. The first-order chi connectivity index (χ1) is 9.32. The van der Waals surface area contributed by atoms with E-state index in [1.807, 2.05) is 19.9 Å². The molecule has 0 fully saturated rings. The van der Waals surface area contributed by atoms with E-state index >= 15 is 0 Å². The third-order valence-corrected chi connectivity index (χ3v) is 4.69. The highest BCUT2D eigenvalue weighted by atomic mass is 32.1. The number of aliphatic hydroxyl groups is 1. The van der Waals surface area contributed by atoms with Crippen LogP contribution in [0.2, 0.25) is 0 Å². The molecule has 0 saturated carbocycles. The van der Waals surface area contributed by atoms with Crippen molar-refractivity contribution in [1.82, 2.24) is 0 Å². The van der Waals surface area contributed by atoms with Crippen molar-refractivity contribution >= 4 is 11.3 Å². The van der Waals surface area contributed by atoms with Crippen molar-refractivity contribution < 1.29 is 18.3 Å². The summed E-state index contributed by atoms with van der Waals surface area (Å²) in [5, 5.41) is 9.20. The Balaban J connectivity index is 2.33. The van der Waals surface area contributed by atoms with E-state index in [-0.39, 0.29) is 12.5 Å². The molecule has 0 aliphatic heterocycles. The molecule has 1 aromatic heterocycles. The van der Waals surface area contributed by atoms with Gasteiger partial charge in [-0.2, -0.15) is 13.2 Å². The van der Waals surface area contributed by atoms with Gasteiger partial charge in [-0.05, 0) is 36.2 Å². The maximum Gasteiger partial charge on any atom is 0.416 e. The molecule has 2 rings (SSSR count). The highest BCUT2D eigenvalue weighted by Crippen LogP contribution is 2.37. The quantitative estimate of drug-likeness (QED) is 0.860. The van der Waals surface area contributed by atoms with E-state index in [0.29, 0.717) is 0 Å². The number of halogens is 3. The smallest absolute Gasteiger partial charge is 0.396 e. The Hall–Kier alpha value is -1.33. The van der Waals surface area contributed by atoms with Gasteiger partial charge in [0.15, 0.2) is 0 Å². The van der Waals surface area contributed by atoms with Crippen LogP contribution >= 0.6 is 11.3 Å². The van der Waals surface area contributed by atoms with E-state index in [4.69, 9.17) is 0 Å². The van der Waals surface area contributed by atoms with Crippen molar-refractivity contribution in [2.75, 3.05) is 6.61 Å². The summed E-state index contributed by atoms with van der Waals surface area (Å²) in [6.07, 6.45) is -4.31. The van der Waals surface area contributed by atoms with Crippen LogP contribution in [0.25, 0.3) is 10.4 Å². The summed E-state index contributed by atoms with van der Waals surface area (Å²) in [4.78, 5) is 1.99. The summed E-state index contributed by atoms with van der Waals surface area (Å²) in [7, 11) is 0. The van der Waals surface area contributed by atoms with Gasteiger partial charge in [-0.25, -0.2) is 0 Å². The normalized spacial score (nSPS) is 13.5. The number of aryl methyl sites for hydroxylation is 1. The largest absolute Gasteiger partial charge is 0.416 e. The van der Waals surface area contributed by atoms with E-state index in [2.05, 4.69) is 0 Å².